The van der Waals surface area contributed by atoms with E-state index in [1.807, 2.05) is 36.4 Å². The van der Waals surface area contributed by atoms with Crippen LogP contribution in [0.3, 0.4) is 0 Å². The van der Waals surface area contributed by atoms with Crippen LogP contribution < -0.4 is 20.7 Å². The minimum Gasteiger partial charge on any atom is -0.466 e. The highest BCUT2D eigenvalue weighted by molar-refractivity contribution is 7.89. The van der Waals surface area contributed by atoms with Gasteiger partial charge in [0, 0.05) is 39.6 Å². The number of carbonyl (C=O) groups is 3. The van der Waals surface area contributed by atoms with Crippen molar-refractivity contribution < 1.29 is 32.3 Å². The molecule has 13 heteroatoms. The van der Waals surface area contributed by atoms with Crippen molar-refractivity contribution in [1.82, 2.24) is 20.3 Å². The molecule has 0 bridgehead atoms. The van der Waals surface area contributed by atoms with E-state index in [4.69, 9.17) is 9.47 Å². The molecule has 0 aromatic heterocycles. The van der Waals surface area contributed by atoms with E-state index in [-0.39, 0.29) is 35.3 Å². The number of ether oxygens (including phenoxy) is 2. The van der Waals surface area contributed by atoms with E-state index in [0.717, 1.165) is 36.8 Å². The molecule has 2 heterocycles. The maximum atomic E-state index is 13.8. The maximum Gasteiger partial charge on any atom is 0.407 e. The first-order chi connectivity index (χ1) is 22.4. The number of nitrogens with one attached hydrogen (secondary N) is 4. The first-order valence-electron chi connectivity index (χ1n) is 16.4. The molecule has 1 saturated heterocycles. The van der Waals surface area contributed by atoms with Crippen LogP contribution in [0, 0.1) is 11.3 Å². The summed E-state index contributed by atoms with van der Waals surface area (Å²) in [6, 6.07) is 13.6. The van der Waals surface area contributed by atoms with Gasteiger partial charge in [0.05, 0.1) is 12.3 Å². The smallest absolute Gasteiger partial charge is 0.407 e. The number of hydrogen-bond donors (Lipinski definition) is 4. The fourth-order valence-electron chi connectivity index (χ4n) is 5.94. The Balaban J connectivity index is 1.34. The number of piperidine rings is 1. The summed E-state index contributed by atoms with van der Waals surface area (Å²) in [5.74, 6) is -0.275. The lowest BCUT2D eigenvalue weighted by Gasteiger charge is -2.35. The summed E-state index contributed by atoms with van der Waals surface area (Å²) in [6.45, 7) is 8.68. The van der Waals surface area contributed by atoms with E-state index in [1.165, 1.54) is 6.92 Å². The summed E-state index contributed by atoms with van der Waals surface area (Å²) in [4.78, 5) is 38.8. The van der Waals surface area contributed by atoms with Gasteiger partial charge >= 0.3 is 12.1 Å². The predicted octanol–water partition coefficient (Wildman–Crippen LogP) is 3.43. The minimum absolute atomic E-state index is 0.0109. The van der Waals surface area contributed by atoms with Crippen molar-refractivity contribution in [2.75, 3.05) is 51.2 Å². The zero-order valence-corrected chi connectivity index (χ0v) is 28.5. The maximum absolute atomic E-state index is 13.8. The lowest BCUT2D eigenvalue weighted by atomic mass is 9.82. The van der Waals surface area contributed by atoms with E-state index in [9.17, 15) is 22.8 Å². The molecule has 47 heavy (non-hydrogen) atoms. The fourth-order valence-corrected chi connectivity index (χ4v) is 7.36. The molecule has 2 aliphatic heterocycles. The molecule has 1 atom stereocenters. The molecule has 2 aromatic rings. The van der Waals surface area contributed by atoms with Crippen LogP contribution in [0.4, 0.5) is 10.5 Å². The number of carbonyl (C=O) groups excluding carboxylic acids is 3. The van der Waals surface area contributed by atoms with E-state index < -0.39 is 22.2 Å². The highest BCUT2D eigenvalue weighted by atomic mass is 32.2. The zero-order chi connectivity index (χ0) is 33.9. The third kappa shape index (κ3) is 11.2. The summed E-state index contributed by atoms with van der Waals surface area (Å²) in [5, 5.41) is 9.22. The highest BCUT2D eigenvalue weighted by Crippen LogP contribution is 2.36. The number of alkyl carbamates (subject to hydrolysis) is 1. The van der Waals surface area contributed by atoms with Crippen molar-refractivity contribution in [3.8, 4) is 0 Å². The fraction of sp³-hybridized carbons (Fsp3) is 0.559. The van der Waals surface area contributed by atoms with E-state index in [1.54, 1.807) is 17.0 Å². The number of anilines is 1. The molecule has 0 radical (unpaired) electrons. The van der Waals surface area contributed by atoms with Crippen molar-refractivity contribution in [1.29, 1.82) is 0 Å². The van der Waals surface area contributed by atoms with Gasteiger partial charge in [-0.1, -0.05) is 56.3 Å². The monoisotopic (exact) mass is 671 g/mol. The number of benzene rings is 2. The molecule has 0 spiro atoms. The first kappa shape index (κ1) is 36.2. The van der Waals surface area contributed by atoms with Crippen LogP contribution >= 0.6 is 0 Å². The van der Waals surface area contributed by atoms with Crippen LogP contribution in [-0.2, 0) is 42.1 Å². The Morgan fingerprint density at radius 1 is 1.02 bits per heavy atom. The van der Waals surface area contributed by atoms with Crippen molar-refractivity contribution in [2.24, 2.45) is 11.3 Å². The lowest BCUT2D eigenvalue weighted by molar-refractivity contribution is -0.141. The van der Waals surface area contributed by atoms with Crippen LogP contribution in [0.2, 0.25) is 0 Å². The van der Waals surface area contributed by atoms with Crippen LogP contribution in [0.15, 0.2) is 53.4 Å². The number of para-hydroxylation sites is 1. The molecule has 0 aliphatic carbocycles. The van der Waals surface area contributed by atoms with Gasteiger partial charge in [0.2, 0.25) is 15.9 Å². The predicted molar refractivity (Wildman–Crippen MR) is 179 cm³/mol. The van der Waals surface area contributed by atoms with Crippen molar-refractivity contribution >= 4 is 33.7 Å². The topological polar surface area (TPSA) is 155 Å². The standard InChI is InChI=1S/C34H49N5O7S/c1-25(40)45-20-15-26-13-18-39(19-14-26)32(41)29(22-35-16-8-17-36-33(42)46-23-27-9-5-4-6-10-27)38-47(43,44)30-12-7-11-28-21-34(2,3)24-37-31(28)30/h4-7,9-12,26,29,35,37-38H,8,13-24H2,1-3H3,(H,36,42)/t29-/m0/s1. The second-order valence-corrected chi connectivity index (χ2v) is 14.8. The number of amides is 2. The minimum atomic E-state index is -4.06. The van der Waals surface area contributed by atoms with Crippen molar-refractivity contribution in [3.05, 3.63) is 59.7 Å². The highest BCUT2D eigenvalue weighted by Gasteiger charge is 2.34. The van der Waals surface area contributed by atoms with E-state index in [0.29, 0.717) is 57.4 Å². The van der Waals surface area contributed by atoms with Gasteiger partial charge in [0.15, 0.2) is 0 Å². The third-order valence-electron chi connectivity index (χ3n) is 8.53. The third-order valence-corrected chi connectivity index (χ3v) is 10.0. The summed E-state index contributed by atoms with van der Waals surface area (Å²) in [6.07, 6.45) is 3.00. The number of nitrogens with zero attached hydrogens (tertiary/aromatic N) is 1. The quantitative estimate of drug-likeness (QED) is 0.165. The van der Waals surface area contributed by atoms with Crippen molar-refractivity contribution in [2.45, 2.75) is 70.4 Å². The normalized spacial score (nSPS) is 16.8. The van der Waals surface area contributed by atoms with Gasteiger partial charge in [-0.05, 0) is 67.2 Å². The number of hydrogen-bond acceptors (Lipinski definition) is 9. The summed E-state index contributed by atoms with van der Waals surface area (Å²) in [5.41, 5.74) is 2.39. The first-order valence-corrected chi connectivity index (χ1v) is 17.9. The van der Waals surface area contributed by atoms with E-state index >= 15 is 0 Å². The SMILES string of the molecule is CC(=O)OCCC1CCN(C(=O)[C@H](CNCCCNC(=O)OCc2ccccc2)NS(=O)(=O)c2cccc3c2NCC(C)(C)C3)CC1. The lowest BCUT2D eigenvalue weighted by Crippen LogP contribution is -2.54. The number of sulfonamides is 1. The number of rotatable bonds is 15. The molecule has 258 valence electrons. The molecule has 4 rings (SSSR count). The molecular weight excluding hydrogens is 622 g/mol. The van der Waals surface area contributed by atoms with Gasteiger partial charge in [-0.2, -0.15) is 4.72 Å². The Bertz CT molecular complexity index is 1460. The van der Waals surface area contributed by atoms with Crippen LogP contribution in [-0.4, -0.2) is 83.2 Å². The van der Waals surface area contributed by atoms with Gasteiger partial charge < -0.3 is 30.3 Å². The molecule has 0 unspecified atom stereocenters. The summed E-state index contributed by atoms with van der Waals surface area (Å²) in [7, 11) is -4.06. The van der Waals surface area contributed by atoms with Gasteiger partial charge in [0.25, 0.3) is 0 Å². The Morgan fingerprint density at radius 2 is 1.77 bits per heavy atom. The molecule has 2 aliphatic rings. The molecule has 1 fully saturated rings. The molecule has 0 saturated carbocycles. The van der Waals surface area contributed by atoms with Crippen molar-refractivity contribution in [3.63, 3.8) is 0 Å². The Morgan fingerprint density at radius 3 is 2.49 bits per heavy atom. The Labute approximate surface area is 278 Å². The van der Waals surface area contributed by atoms with Gasteiger partial charge in [-0.15, -0.1) is 0 Å². The molecule has 12 nitrogen and oxygen atoms in total. The average Bonchev–Trinajstić information content (AvgIpc) is 3.04. The number of likely N-dealkylation sites (tertiary alicyclic amines) is 1. The largest absolute Gasteiger partial charge is 0.466 e. The van der Waals surface area contributed by atoms with Crippen LogP contribution in [0.1, 0.15) is 57.6 Å². The Hall–Kier alpha value is -3.68. The molecule has 2 amide bonds. The summed E-state index contributed by atoms with van der Waals surface area (Å²) >= 11 is 0. The van der Waals surface area contributed by atoms with Crippen LogP contribution in [0.25, 0.3) is 0 Å². The number of fused-ring (bicyclic) bond motifs is 1. The second kappa shape index (κ2) is 16.9. The number of esters is 1. The van der Waals surface area contributed by atoms with Gasteiger partial charge in [-0.3, -0.25) is 9.59 Å². The second-order valence-electron chi connectivity index (χ2n) is 13.1. The van der Waals surface area contributed by atoms with Gasteiger partial charge in [0.1, 0.15) is 17.5 Å². The zero-order valence-electron chi connectivity index (χ0n) is 27.7. The summed E-state index contributed by atoms with van der Waals surface area (Å²) < 4.78 is 40.6. The molecule has 2 aromatic carbocycles. The van der Waals surface area contributed by atoms with Gasteiger partial charge in [-0.25, -0.2) is 13.2 Å². The molecule has 4 N–H and O–H groups in total. The van der Waals surface area contributed by atoms with E-state index in [2.05, 4.69) is 34.5 Å². The Kier molecular flexibility index (Phi) is 13.0. The molecular formula is C34H49N5O7S. The van der Waals surface area contributed by atoms with Crippen LogP contribution in [0.5, 0.6) is 0 Å². The average molecular weight is 672 g/mol.